The molecule has 132 valence electrons. The topological polar surface area (TPSA) is 45.2 Å². The fraction of sp³-hybridized carbons (Fsp3) is 0.333. The number of alkyl halides is 3. The molecule has 0 unspecified atom stereocenters. The van der Waals surface area contributed by atoms with E-state index in [1.54, 1.807) is 19.1 Å². The van der Waals surface area contributed by atoms with E-state index in [1.807, 2.05) is 0 Å². The van der Waals surface area contributed by atoms with Gasteiger partial charge < -0.3 is 10.2 Å². The van der Waals surface area contributed by atoms with E-state index in [0.717, 1.165) is 37.8 Å². The minimum Gasteiger partial charge on any atom is -0.357 e. The first-order chi connectivity index (χ1) is 11.9. The molecule has 1 fully saturated rings. The summed E-state index contributed by atoms with van der Waals surface area (Å²) in [5.41, 5.74) is -0.378. The molecule has 1 aromatic heterocycles. The van der Waals surface area contributed by atoms with Gasteiger partial charge >= 0.3 is 6.18 Å². The van der Waals surface area contributed by atoms with Crippen molar-refractivity contribution in [1.29, 1.82) is 0 Å². The normalized spacial score (nSPS) is 14.6. The molecule has 1 aromatic carbocycles. The summed E-state index contributed by atoms with van der Waals surface area (Å²) in [6, 6.07) is 8.20. The maximum atomic E-state index is 13.1. The third-order valence-corrected chi connectivity index (χ3v) is 4.23. The Morgan fingerprint density at radius 2 is 1.80 bits per heavy atom. The second kappa shape index (κ2) is 6.74. The number of pyridine rings is 1. The maximum Gasteiger partial charge on any atom is 0.417 e. The van der Waals surface area contributed by atoms with Crippen LogP contribution in [-0.2, 0) is 6.18 Å². The van der Waals surface area contributed by atoms with Gasteiger partial charge in [-0.25, -0.2) is 4.98 Å². The van der Waals surface area contributed by atoms with Crippen LogP contribution in [0, 0.1) is 6.92 Å². The maximum absolute atomic E-state index is 13.1. The van der Waals surface area contributed by atoms with Crippen molar-refractivity contribution in [2.45, 2.75) is 25.9 Å². The number of aromatic nitrogens is 1. The highest BCUT2D eigenvalue weighted by molar-refractivity contribution is 6.05. The first-order valence-corrected chi connectivity index (χ1v) is 8.06. The van der Waals surface area contributed by atoms with Crippen LogP contribution in [-0.4, -0.2) is 24.0 Å². The van der Waals surface area contributed by atoms with Crippen LogP contribution in [0.15, 0.2) is 36.4 Å². The Morgan fingerprint density at radius 3 is 2.44 bits per heavy atom. The van der Waals surface area contributed by atoms with Crippen molar-refractivity contribution in [3.05, 3.63) is 53.2 Å². The zero-order chi connectivity index (χ0) is 18.0. The van der Waals surface area contributed by atoms with Crippen molar-refractivity contribution >= 4 is 17.4 Å². The van der Waals surface area contributed by atoms with E-state index in [2.05, 4.69) is 15.2 Å². The molecule has 0 aliphatic carbocycles. The molecule has 0 atom stereocenters. The quantitative estimate of drug-likeness (QED) is 0.900. The summed E-state index contributed by atoms with van der Waals surface area (Å²) in [4.78, 5) is 18.9. The largest absolute Gasteiger partial charge is 0.417 e. The smallest absolute Gasteiger partial charge is 0.357 e. The van der Waals surface area contributed by atoms with Gasteiger partial charge in [0.15, 0.2) is 0 Å². The molecule has 4 nitrogen and oxygen atoms in total. The van der Waals surface area contributed by atoms with Gasteiger partial charge in [-0.15, -0.1) is 0 Å². The molecule has 1 aliphatic rings. The van der Waals surface area contributed by atoms with Crippen LogP contribution < -0.4 is 10.2 Å². The summed E-state index contributed by atoms with van der Waals surface area (Å²) >= 11 is 0. The Kier molecular flexibility index (Phi) is 4.65. The monoisotopic (exact) mass is 349 g/mol. The van der Waals surface area contributed by atoms with E-state index < -0.39 is 23.2 Å². The van der Waals surface area contributed by atoms with E-state index in [4.69, 9.17) is 0 Å². The van der Waals surface area contributed by atoms with Gasteiger partial charge in [0.1, 0.15) is 5.82 Å². The number of carbonyl (C=O) groups excluding carboxylic acids is 1. The number of hydrogen-bond acceptors (Lipinski definition) is 3. The second-order valence-corrected chi connectivity index (χ2v) is 5.99. The second-order valence-electron chi connectivity index (χ2n) is 5.99. The highest BCUT2D eigenvalue weighted by Gasteiger charge is 2.34. The van der Waals surface area contributed by atoms with Gasteiger partial charge in [-0.05, 0) is 44.0 Å². The number of aryl methyl sites for hydroxylation is 1. The zero-order valence-corrected chi connectivity index (χ0v) is 13.7. The molecule has 25 heavy (non-hydrogen) atoms. The Hall–Kier alpha value is -2.57. The predicted octanol–water partition coefficient (Wildman–Crippen LogP) is 4.26. The minimum absolute atomic E-state index is 0.405. The summed E-state index contributed by atoms with van der Waals surface area (Å²) in [6.07, 6.45) is -2.35. The van der Waals surface area contributed by atoms with Crippen LogP contribution in [0.2, 0.25) is 0 Å². The van der Waals surface area contributed by atoms with E-state index >= 15 is 0 Å². The number of benzene rings is 1. The number of amides is 1. The fourth-order valence-corrected chi connectivity index (χ4v) is 2.92. The molecule has 1 aliphatic heterocycles. The van der Waals surface area contributed by atoms with Gasteiger partial charge in [-0.3, -0.25) is 4.79 Å². The highest BCUT2D eigenvalue weighted by Crippen LogP contribution is 2.32. The number of hydrogen-bond donors (Lipinski definition) is 1. The van der Waals surface area contributed by atoms with Gasteiger partial charge in [0.25, 0.3) is 5.91 Å². The van der Waals surface area contributed by atoms with Crippen LogP contribution in [0.5, 0.6) is 0 Å². The lowest BCUT2D eigenvalue weighted by Crippen LogP contribution is -2.21. The molecule has 2 aromatic rings. The third-order valence-electron chi connectivity index (χ3n) is 4.23. The van der Waals surface area contributed by atoms with Crippen molar-refractivity contribution < 1.29 is 18.0 Å². The SMILES string of the molecule is Cc1nc(N2CCCC2)ccc1NC(=O)c1ccccc1C(F)(F)F. The standard InChI is InChI=1S/C18H18F3N3O/c1-12-15(8-9-16(22-12)24-10-4-5-11-24)23-17(25)13-6-2-3-7-14(13)18(19,20)21/h2-3,6-9H,4-5,10-11H2,1H3,(H,23,25). The number of nitrogens with one attached hydrogen (secondary N) is 1. The fourth-order valence-electron chi connectivity index (χ4n) is 2.92. The minimum atomic E-state index is -4.58. The number of rotatable bonds is 3. The van der Waals surface area contributed by atoms with Crippen molar-refractivity contribution in [1.82, 2.24) is 4.98 Å². The molecule has 1 saturated heterocycles. The van der Waals surface area contributed by atoms with E-state index in [1.165, 1.54) is 18.2 Å². The molecule has 7 heteroatoms. The lowest BCUT2D eigenvalue weighted by Gasteiger charge is -2.18. The molecule has 3 rings (SSSR count). The number of anilines is 2. The van der Waals surface area contributed by atoms with Crippen LogP contribution in [0.3, 0.4) is 0 Å². The van der Waals surface area contributed by atoms with Crippen molar-refractivity contribution in [3.8, 4) is 0 Å². The van der Waals surface area contributed by atoms with Gasteiger partial charge in [-0.1, -0.05) is 12.1 Å². The number of nitrogens with zero attached hydrogens (tertiary/aromatic N) is 2. The molecule has 1 N–H and O–H groups in total. The van der Waals surface area contributed by atoms with E-state index in [0.29, 0.717) is 11.4 Å². The molecule has 0 radical (unpaired) electrons. The summed E-state index contributed by atoms with van der Waals surface area (Å²) in [5, 5.41) is 2.54. The van der Waals surface area contributed by atoms with Gasteiger partial charge in [-0.2, -0.15) is 13.2 Å². The summed E-state index contributed by atoms with van der Waals surface area (Å²) in [5.74, 6) is 0.0236. The Labute approximate surface area is 143 Å². The molecular formula is C18H18F3N3O. The first kappa shape index (κ1) is 17.3. The average Bonchev–Trinajstić information content (AvgIpc) is 3.10. The number of carbonyl (C=O) groups is 1. The first-order valence-electron chi connectivity index (χ1n) is 8.06. The molecule has 0 saturated carbocycles. The van der Waals surface area contributed by atoms with Crippen LogP contribution >= 0.6 is 0 Å². The summed E-state index contributed by atoms with van der Waals surface area (Å²) < 4.78 is 39.2. The Morgan fingerprint density at radius 1 is 1.12 bits per heavy atom. The lowest BCUT2D eigenvalue weighted by atomic mass is 10.1. The molecular weight excluding hydrogens is 331 g/mol. The number of halogens is 3. The van der Waals surface area contributed by atoms with E-state index in [9.17, 15) is 18.0 Å². The lowest BCUT2D eigenvalue weighted by molar-refractivity contribution is -0.137. The third kappa shape index (κ3) is 3.75. The highest BCUT2D eigenvalue weighted by atomic mass is 19.4. The molecule has 2 heterocycles. The average molecular weight is 349 g/mol. The zero-order valence-electron chi connectivity index (χ0n) is 13.7. The van der Waals surface area contributed by atoms with Gasteiger partial charge in [0.05, 0.1) is 22.5 Å². The molecule has 1 amide bonds. The van der Waals surface area contributed by atoms with E-state index in [-0.39, 0.29) is 0 Å². The Balaban J connectivity index is 1.82. The predicted molar refractivity (Wildman–Crippen MR) is 89.8 cm³/mol. The van der Waals surface area contributed by atoms with Crippen LogP contribution in [0.25, 0.3) is 0 Å². The Bertz CT molecular complexity index is 783. The summed E-state index contributed by atoms with van der Waals surface area (Å²) in [6.45, 7) is 3.61. The summed E-state index contributed by atoms with van der Waals surface area (Å²) in [7, 11) is 0. The van der Waals surface area contributed by atoms with Crippen LogP contribution in [0.4, 0.5) is 24.7 Å². The molecule has 0 bridgehead atoms. The van der Waals surface area contributed by atoms with Crippen molar-refractivity contribution in [2.24, 2.45) is 0 Å². The van der Waals surface area contributed by atoms with Crippen LogP contribution in [0.1, 0.15) is 34.5 Å². The van der Waals surface area contributed by atoms with Gasteiger partial charge in [0.2, 0.25) is 0 Å². The van der Waals surface area contributed by atoms with Crippen molar-refractivity contribution in [2.75, 3.05) is 23.3 Å². The van der Waals surface area contributed by atoms with Crippen molar-refractivity contribution in [3.63, 3.8) is 0 Å². The van der Waals surface area contributed by atoms with Gasteiger partial charge in [0, 0.05) is 13.1 Å². The molecule has 0 spiro atoms.